The number of likely N-dealkylation sites (N-methyl/N-ethyl adjacent to an activating group) is 1. The molecule has 26 heavy (non-hydrogen) atoms. The number of aryl methyl sites for hydroxylation is 1. The molecule has 3 rings (SSSR count). The standard InChI is InChI=1S/C21H31N5/c1-16-10-19(25-21(22)11-16)12-18-14-24-15-20(18)26(2)9-8-23-13-17-6-4-3-5-7-17/h3-7,10-11,18,20,23-24H,8-9,12-15H2,1-2H3,(H2,22,25). The molecule has 1 aliphatic heterocycles. The first kappa shape index (κ1) is 18.8. The average molecular weight is 354 g/mol. The Morgan fingerprint density at radius 2 is 2.04 bits per heavy atom. The number of benzene rings is 1. The van der Waals surface area contributed by atoms with Gasteiger partial charge in [0.1, 0.15) is 5.82 Å². The van der Waals surface area contributed by atoms with Crippen LogP contribution in [0.15, 0.2) is 42.5 Å². The van der Waals surface area contributed by atoms with Crippen LogP contribution >= 0.6 is 0 Å². The van der Waals surface area contributed by atoms with Gasteiger partial charge in [0.05, 0.1) is 0 Å². The van der Waals surface area contributed by atoms with Crippen molar-refractivity contribution in [1.82, 2.24) is 20.5 Å². The molecule has 0 saturated carbocycles. The zero-order valence-corrected chi connectivity index (χ0v) is 15.9. The van der Waals surface area contributed by atoms with E-state index >= 15 is 0 Å². The topological polar surface area (TPSA) is 66.2 Å². The maximum atomic E-state index is 5.91. The molecule has 5 nitrogen and oxygen atoms in total. The number of nitrogens with zero attached hydrogens (tertiary/aromatic N) is 2. The zero-order chi connectivity index (χ0) is 18.4. The molecule has 0 aliphatic carbocycles. The predicted octanol–water partition coefficient (Wildman–Crippen LogP) is 1.82. The molecule has 2 atom stereocenters. The van der Waals surface area contributed by atoms with Gasteiger partial charge in [-0.15, -0.1) is 0 Å². The van der Waals surface area contributed by atoms with Crippen molar-refractivity contribution < 1.29 is 0 Å². The van der Waals surface area contributed by atoms with Crippen LogP contribution in [0.5, 0.6) is 0 Å². The Labute approximate surface area is 157 Å². The van der Waals surface area contributed by atoms with Gasteiger partial charge in [0.15, 0.2) is 0 Å². The Bertz CT molecular complexity index is 668. The van der Waals surface area contributed by atoms with Crippen LogP contribution in [0.2, 0.25) is 0 Å². The summed E-state index contributed by atoms with van der Waals surface area (Å²) in [5, 5.41) is 7.09. The van der Waals surface area contributed by atoms with Crippen LogP contribution in [0.3, 0.4) is 0 Å². The molecule has 0 amide bonds. The molecule has 2 heterocycles. The number of hydrogen-bond acceptors (Lipinski definition) is 5. The van der Waals surface area contributed by atoms with E-state index in [0.717, 1.165) is 44.8 Å². The Morgan fingerprint density at radius 1 is 1.23 bits per heavy atom. The fourth-order valence-corrected chi connectivity index (χ4v) is 3.83. The maximum absolute atomic E-state index is 5.91. The van der Waals surface area contributed by atoms with Gasteiger partial charge in [-0.1, -0.05) is 30.3 Å². The van der Waals surface area contributed by atoms with Crippen molar-refractivity contribution in [3.63, 3.8) is 0 Å². The summed E-state index contributed by atoms with van der Waals surface area (Å²) in [4.78, 5) is 6.99. The smallest absolute Gasteiger partial charge is 0.123 e. The van der Waals surface area contributed by atoms with Crippen LogP contribution in [-0.2, 0) is 13.0 Å². The van der Waals surface area contributed by atoms with Crippen molar-refractivity contribution in [3.8, 4) is 0 Å². The lowest BCUT2D eigenvalue weighted by atomic mass is 9.96. The van der Waals surface area contributed by atoms with Gasteiger partial charge in [-0.2, -0.15) is 0 Å². The van der Waals surface area contributed by atoms with Crippen molar-refractivity contribution in [2.75, 3.05) is 39.0 Å². The third kappa shape index (κ3) is 5.27. The highest BCUT2D eigenvalue weighted by atomic mass is 15.2. The van der Waals surface area contributed by atoms with Gasteiger partial charge in [-0.25, -0.2) is 4.98 Å². The van der Waals surface area contributed by atoms with Crippen molar-refractivity contribution in [3.05, 3.63) is 59.3 Å². The molecule has 0 radical (unpaired) electrons. The molecule has 140 valence electrons. The molecule has 2 aromatic rings. The molecule has 1 aliphatic rings. The quantitative estimate of drug-likeness (QED) is 0.632. The van der Waals surface area contributed by atoms with Crippen LogP contribution in [0.1, 0.15) is 16.8 Å². The first-order chi connectivity index (χ1) is 12.6. The fraction of sp³-hybridized carbons (Fsp3) is 0.476. The zero-order valence-electron chi connectivity index (χ0n) is 15.9. The van der Waals surface area contributed by atoms with E-state index in [1.807, 2.05) is 6.07 Å². The largest absolute Gasteiger partial charge is 0.384 e. The monoisotopic (exact) mass is 353 g/mol. The Balaban J connectivity index is 1.47. The van der Waals surface area contributed by atoms with Crippen molar-refractivity contribution in [2.24, 2.45) is 5.92 Å². The molecule has 1 saturated heterocycles. The highest BCUT2D eigenvalue weighted by Gasteiger charge is 2.30. The molecule has 2 unspecified atom stereocenters. The van der Waals surface area contributed by atoms with Crippen molar-refractivity contribution in [1.29, 1.82) is 0 Å². The van der Waals surface area contributed by atoms with Crippen LogP contribution in [0, 0.1) is 12.8 Å². The third-order valence-corrected chi connectivity index (χ3v) is 5.20. The SMILES string of the molecule is Cc1cc(N)nc(CC2CNCC2N(C)CCNCc2ccccc2)c1. The van der Waals surface area contributed by atoms with Crippen LogP contribution < -0.4 is 16.4 Å². The molecular weight excluding hydrogens is 322 g/mol. The third-order valence-electron chi connectivity index (χ3n) is 5.20. The maximum Gasteiger partial charge on any atom is 0.123 e. The minimum absolute atomic E-state index is 0.539. The lowest BCUT2D eigenvalue weighted by Gasteiger charge is -2.29. The number of nitrogen functional groups attached to an aromatic ring is 1. The molecule has 4 N–H and O–H groups in total. The van der Waals surface area contributed by atoms with E-state index in [4.69, 9.17) is 5.73 Å². The van der Waals surface area contributed by atoms with Crippen molar-refractivity contribution in [2.45, 2.75) is 25.9 Å². The molecule has 0 spiro atoms. The van der Waals surface area contributed by atoms with Gasteiger partial charge >= 0.3 is 0 Å². The van der Waals surface area contributed by atoms with E-state index in [1.54, 1.807) is 0 Å². The number of aromatic nitrogens is 1. The lowest BCUT2D eigenvalue weighted by Crippen LogP contribution is -2.42. The highest BCUT2D eigenvalue weighted by molar-refractivity contribution is 5.34. The van der Waals surface area contributed by atoms with Crippen LogP contribution in [-0.4, -0.2) is 49.2 Å². The Kier molecular flexibility index (Phi) is 6.61. The molecule has 1 fully saturated rings. The van der Waals surface area contributed by atoms with E-state index in [-0.39, 0.29) is 0 Å². The summed E-state index contributed by atoms with van der Waals surface area (Å²) < 4.78 is 0. The number of pyridine rings is 1. The number of nitrogens with one attached hydrogen (secondary N) is 2. The lowest BCUT2D eigenvalue weighted by molar-refractivity contribution is 0.210. The number of nitrogens with two attached hydrogens (primary N) is 1. The molecule has 5 heteroatoms. The Hall–Kier alpha value is -1.95. The van der Waals surface area contributed by atoms with E-state index in [9.17, 15) is 0 Å². The number of anilines is 1. The van der Waals surface area contributed by atoms with E-state index in [0.29, 0.717) is 17.8 Å². The van der Waals surface area contributed by atoms with Gasteiger partial charge in [-0.05, 0) is 56.1 Å². The first-order valence-corrected chi connectivity index (χ1v) is 9.50. The molecule has 1 aromatic heterocycles. The summed E-state index contributed by atoms with van der Waals surface area (Å²) in [5.74, 6) is 1.20. The Morgan fingerprint density at radius 3 is 2.81 bits per heavy atom. The number of hydrogen-bond donors (Lipinski definition) is 3. The minimum Gasteiger partial charge on any atom is -0.384 e. The normalized spacial score (nSPS) is 20.0. The summed E-state index contributed by atoms with van der Waals surface area (Å²) in [6.07, 6.45) is 0.978. The summed E-state index contributed by atoms with van der Waals surface area (Å²) in [6.45, 7) is 7.12. The summed E-state index contributed by atoms with van der Waals surface area (Å²) in [7, 11) is 2.23. The van der Waals surface area contributed by atoms with Gasteiger partial charge < -0.3 is 21.3 Å². The van der Waals surface area contributed by atoms with E-state index < -0.39 is 0 Å². The molecule has 0 bridgehead atoms. The highest BCUT2D eigenvalue weighted by Crippen LogP contribution is 2.20. The fourth-order valence-electron chi connectivity index (χ4n) is 3.83. The predicted molar refractivity (Wildman–Crippen MR) is 108 cm³/mol. The van der Waals surface area contributed by atoms with Gasteiger partial charge in [0, 0.05) is 37.9 Å². The second kappa shape index (κ2) is 9.12. The van der Waals surface area contributed by atoms with Crippen LogP contribution in [0.4, 0.5) is 5.82 Å². The van der Waals surface area contributed by atoms with Crippen molar-refractivity contribution >= 4 is 5.82 Å². The van der Waals surface area contributed by atoms with E-state index in [2.05, 4.69) is 70.9 Å². The molecule has 1 aromatic carbocycles. The second-order valence-electron chi connectivity index (χ2n) is 7.39. The van der Waals surface area contributed by atoms with Gasteiger partial charge in [-0.3, -0.25) is 0 Å². The van der Waals surface area contributed by atoms with Gasteiger partial charge in [0.2, 0.25) is 0 Å². The summed E-state index contributed by atoms with van der Waals surface area (Å²) >= 11 is 0. The molecular formula is C21H31N5. The first-order valence-electron chi connectivity index (χ1n) is 9.50. The van der Waals surface area contributed by atoms with Crippen LogP contribution in [0.25, 0.3) is 0 Å². The average Bonchev–Trinajstić information content (AvgIpc) is 3.07. The second-order valence-corrected chi connectivity index (χ2v) is 7.39. The minimum atomic E-state index is 0.539. The van der Waals surface area contributed by atoms with E-state index in [1.165, 1.54) is 11.1 Å². The summed E-state index contributed by atoms with van der Waals surface area (Å²) in [5.41, 5.74) is 9.54. The summed E-state index contributed by atoms with van der Waals surface area (Å²) in [6, 6.07) is 15.2. The van der Waals surface area contributed by atoms with Gasteiger partial charge in [0.25, 0.3) is 0 Å². The number of rotatable bonds is 8.